The number of piperidine rings is 1. The maximum absolute atomic E-state index is 11.1. The largest absolute Gasteiger partial charge is 0.360 e. The summed E-state index contributed by atoms with van der Waals surface area (Å²) in [6.45, 7) is 2.15. The Morgan fingerprint density at radius 3 is 3.00 bits per heavy atom. The fraction of sp³-hybridized carbons (Fsp3) is 0.667. The third-order valence-electron chi connectivity index (χ3n) is 4.27. The number of hydrogen-bond donors (Lipinski definition) is 3. The number of hydrogen-bond acceptors (Lipinski definition) is 8. The van der Waals surface area contributed by atoms with Gasteiger partial charge in [0, 0.05) is 18.6 Å². The number of fused-ring (bicyclic) bond motifs is 1. The summed E-state index contributed by atoms with van der Waals surface area (Å²) in [5.41, 5.74) is 2.20. The maximum Gasteiger partial charge on any atom is 0.329 e. The topological polar surface area (TPSA) is 122 Å². The second kappa shape index (κ2) is 5.78. The molecule has 0 spiro atoms. The van der Waals surface area contributed by atoms with Crippen LogP contribution in [0.25, 0.3) is 0 Å². The Labute approximate surface area is 122 Å². The summed E-state index contributed by atoms with van der Waals surface area (Å²) >= 11 is 0. The van der Waals surface area contributed by atoms with Gasteiger partial charge >= 0.3 is 5.69 Å². The molecule has 0 amide bonds. The fourth-order valence-electron chi connectivity index (χ4n) is 3.28. The molecule has 2 fully saturated rings. The number of nitrogen functional groups attached to an aromatic ring is 1. The first-order valence-corrected chi connectivity index (χ1v) is 7.17. The van der Waals surface area contributed by atoms with E-state index in [1.165, 1.54) is 19.0 Å². The van der Waals surface area contributed by atoms with Gasteiger partial charge in [-0.05, 0) is 25.8 Å². The van der Waals surface area contributed by atoms with Gasteiger partial charge in [0.1, 0.15) is 6.20 Å². The van der Waals surface area contributed by atoms with Crippen LogP contribution in [0.4, 0.5) is 17.5 Å². The van der Waals surface area contributed by atoms with Crippen LogP contribution in [0.3, 0.4) is 0 Å². The minimum absolute atomic E-state index is 0.122. The highest BCUT2D eigenvalue weighted by Crippen LogP contribution is 2.31. The molecule has 4 N–H and O–H groups in total. The van der Waals surface area contributed by atoms with Gasteiger partial charge in [0.15, 0.2) is 0 Å². The van der Waals surface area contributed by atoms with Crippen molar-refractivity contribution in [2.75, 3.05) is 23.8 Å². The van der Waals surface area contributed by atoms with Gasteiger partial charge in [0.05, 0.1) is 4.92 Å². The van der Waals surface area contributed by atoms with Crippen molar-refractivity contribution < 1.29 is 4.92 Å². The average molecular weight is 293 g/mol. The van der Waals surface area contributed by atoms with Crippen LogP contribution in [0.5, 0.6) is 0 Å². The van der Waals surface area contributed by atoms with E-state index in [-0.39, 0.29) is 23.5 Å². The second-order valence-electron chi connectivity index (χ2n) is 5.47. The standard InChI is InChI=1S/C12H19N7O2/c13-17-12-14-7-10(19(20)21)11(16-12)15-8-4-6-18-5-2-1-3-9(8)18/h7-9H,1-6,13H2,(H2,14,15,16,17). The van der Waals surface area contributed by atoms with Gasteiger partial charge in [-0.1, -0.05) is 6.42 Å². The molecule has 0 aliphatic carbocycles. The first kappa shape index (κ1) is 14.0. The number of nitrogens with zero attached hydrogens (tertiary/aromatic N) is 4. The highest BCUT2D eigenvalue weighted by atomic mass is 16.6. The van der Waals surface area contributed by atoms with Crippen LogP contribution in [0.1, 0.15) is 25.7 Å². The van der Waals surface area contributed by atoms with Crippen LogP contribution >= 0.6 is 0 Å². The van der Waals surface area contributed by atoms with E-state index in [1.807, 2.05) is 0 Å². The molecule has 2 aliphatic rings. The Kier molecular flexibility index (Phi) is 3.84. The van der Waals surface area contributed by atoms with E-state index in [2.05, 4.69) is 25.6 Å². The number of nitrogens with one attached hydrogen (secondary N) is 2. The van der Waals surface area contributed by atoms with Gasteiger partial charge in [0.2, 0.25) is 11.8 Å². The third kappa shape index (κ3) is 2.74. The molecule has 0 bridgehead atoms. The smallest absolute Gasteiger partial charge is 0.329 e. The van der Waals surface area contributed by atoms with Crippen molar-refractivity contribution in [2.24, 2.45) is 5.84 Å². The van der Waals surface area contributed by atoms with Crippen LogP contribution in [-0.4, -0.2) is 45.0 Å². The number of rotatable bonds is 4. The predicted octanol–water partition coefficient (Wildman–Crippen LogP) is 0.709. The summed E-state index contributed by atoms with van der Waals surface area (Å²) in [5.74, 6) is 5.68. The van der Waals surface area contributed by atoms with Crippen LogP contribution in [-0.2, 0) is 0 Å². The molecule has 2 atom stereocenters. The highest BCUT2D eigenvalue weighted by Gasteiger charge is 2.36. The average Bonchev–Trinajstić information content (AvgIpc) is 2.90. The van der Waals surface area contributed by atoms with Crippen LogP contribution in [0.2, 0.25) is 0 Å². The monoisotopic (exact) mass is 293 g/mol. The van der Waals surface area contributed by atoms with Gasteiger partial charge in [0.25, 0.3) is 0 Å². The summed E-state index contributed by atoms with van der Waals surface area (Å²) in [7, 11) is 0. The normalized spacial score (nSPS) is 25.4. The Morgan fingerprint density at radius 1 is 1.38 bits per heavy atom. The molecule has 3 heterocycles. The van der Waals surface area contributed by atoms with Crippen LogP contribution in [0.15, 0.2) is 6.20 Å². The van der Waals surface area contributed by atoms with E-state index in [1.54, 1.807) is 0 Å². The zero-order valence-electron chi connectivity index (χ0n) is 11.7. The molecule has 0 saturated carbocycles. The summed E-state index contributed by atoms with van der Waals surface area (Å²) < 4.78 is 0. The maximum atomic E-state index is 11.1. The van der Waals surface area contributed by atoms with Gasteiger partial charge in [-0.25, -0.2) is 10.8 Å². The SMILES string of the molecule is NNc1ncc([N+](=O)[O-])c(NC2CCN3CCCCC23)n1. The van der Waals surface area contributed by atoms with E-state index in [0.29, 0.717) is 6.04 Å². The molecule has 2 saturated heterocycles. The predicted molar refractivity (Wildman–Crippen MR) is 77.7 cm³/mol. The molecule has 1 aromatic rings. The van der Waals surface area contributed by atoms with Gasteiger partial charge < -0.3 is 5.32 Å². The molecule has 114 valence electrons. The second-order valence-corrected chi connectivity index (χ2v) is 5.47. The number of anilines is 2. The quantitative estimate of drug-likeness (QED) is 0.421. The van der Waals surface area contributed by atoms with Crippen molar-refractivity contribution in [3.8, 4) is 0 Å². The lowest BCUT2D eigenvalue weighted by Gasteiger charge is -2.32. The zero-order chi connectivity index (χ0) is 14.8. The number of nitro groups is 1. The summed E-state index contributed by atoms with van der Waals surface area (Å²) in [4.78, 5) is 21.0. The van der Waals surface area contributed by atoms with Crippen LogP contribution in [0, 0.1) is 10.1 Å². The number of hydrazine groups is 1. The molecule has 2 unspecified atom stereocenters. The van der Waals surface area contributed by atoms with Gasteiger partial charge in [-0.2, -0.15) is 4.98 Å². The third-order valence-corrected chi connectivity index (χ3v) is 4.27. The van der Waals surface area contributed by atoms with E-state index in [9.17, 15) is 10.1 Å². The molecule has 9 nitrogen and oxygen atoms in total. The summed E-state index contributed by atoms with van der Waals surface area (Å²) in [6, 6.07) is 0.618. The Balaban J connectivity index is 1.81. The van der Waals surface area contributed by atoms with Crippen molar-refractivity contribution in [3.05, 3.63) is 16.3 Å². The lowest BCUT2D eigenvalue weighted by molar-refractivity contribution is -0.384. The van der Waals surface area contributed by atoms with Crippen molar-refractivity contribution in [3.63, 3.8) is 0 Å². The van der Waals surface area contributed by atoms with E-state index in [4.69, 9.17) is 5.84 Å². The molecule has 1 aromatic heterocycles. The lowest BCUT2D eigenvalue weighted by atomic mass is 9.99. The highest BCUT2D eigenvalue weighted by molar-refractivity contribution is 5.57. The minimum Gasteiger partial charge on any atom is -0.360 e. The van der Waals surface area contributed by atoms with Crippen molar-refractivity contribution in [1.29, 1.82) is 0 Å². The van der Waals surface area contributed by atoms with Gasteiger partial charge in [-0.15, -0.1) is 0 Å². The van der Waals surface area contributed by atoms with E-state index < -0.39 is 4.92 Å². The molecule has 9 heteroatoms. The first-order valence-electron chi connectivity index (χ1n) is 7.17. The van der Waals surface area contributed by atoms with E-state index >= 15 is 0 Å². The van der Waals surface area contributed by atoms with Crippen molar-refractivity contribution >= 4 is 17.5 Å². The molecule has 3 rings (SSSR count). The van der Waals surface area contributed by atoms with Crippen molar-refractivity contribution in [1.82, 2.24) is 14.9 Å². The summed E-state index contributed by atoms with van der Waals surface area (Å²) in [5, 5.41) is 14.3. The molecule has 0 radical (unpaired) electrons. The Morgan fingerprint density at radius 2 is 2.24 bits per heavy atom. The zero-order valence-corrected chi connectivity index (χ0v) is 11.7. The summed E-state index contributed by atoms with van der Waals surface area (Å²) in [6.07, 6.45) is 5.72. The number of nitrogens with two attached hydrogens (primary N) is 1. The minimum atomic E-state index is -0.476. The fourth-order valence-corrected chi connectivity index (χ4v) is 3.28. The van der Waals surface area contributed by atoms with Crippen LogP contribution < -0.4 is 16.6 Å². The molecule has 0 aromatic carbocycles. The first-order chi connectivity index (χ1) is 10.2. The molecule has 21 heavy (non-hydrogen) atoms. The molecular weight excluding hydrogens is 274 g/mol. The lowest BCUT2D eigenvalue weighted by Crippen LogP contribution is -2.42. The van der Waals surface area contributed by atoms with Gasteiger partial charge in [-0.3, -0.25) is 20.4 Å². The Hall–Kier alpha value is -2.00. The van der Waals surface area contributed by atoms with E-state index in [0.717, 1.165) is 25.9 Å². The van der Waals surface area contributed by atoms with Crippen molar-refractivity contribution in [2.45, 2.75) is 37.8 Å². The number of aromatic nitrogens is 2. The molecule has 2 aliphatic heterocycles. The Bertz CT molecular complexity index is 538. The molecular formula is C12H19N7O2.